The Bertz CT molecular complexity index is 574. The standard InChI is InChI=1S/C12H15F5N2O4Si/c1-3-22-24(21,23-4-2)12(14,15)19(17)11(20)18(16)10-8-6-5-7-9(10)13/h5-8,21H,3-4H2,1-2H3. The van der Waals surface area contributed by atoms with Crippen LogP contribution in [-0.4, -0.2) is 43.6 Å². The normalized spacial score (nSPS) is 12.2. The summed E-state index contributed by atoms with van der Waals surface area (Å²) in [5.74, 6) is -1.29. The molecule has 0 radical (unpaired) electrons. The highest BCUT2D eigenvalue weighted by Crippen LogP contribution is 2.33. The van der Waals surface area contributed by atoms with E-state index in [2.05, 4.69) is 8.85 Å². The van der Waals surface area contributed by atoms with E-state index >= 15 is 0 Å². The average molecular weight is 374 g/mol. The maximum atomic E-state index is 14.1. The Balaban J connectivity index is 3.11. The molecular weight excluding hydrogens is 359 g/mol. The lowest BCUT2D eigenvalue weighted by atomic mass is 10.3. The quantitative estimate of drug-likeness (QED) is 0.345. The second-order valence-corrected chi connectivity index (χ2v) is 6.63. The largest absolute Gasteiger partial charge is 0.600 e. The molecule has 0 aromatic heterocycles. The molecule has 1 aromatic carbocycles. The molecule has 0 bridgehead atoms. The van der Waals surface area contributed by atoms with Gasteiger partial charge in [0.1, 0.15) is 11.5 Å². The van der Waals surface area contributed by atoms with Gasteiger partial charge in [-0.05, 0) is 26.0 Å². The topological polar surface area (TPSA) is 62.2 Å². The van der Waals surface area contributed by atoms with Gasteiger partial charge < -0.3 is 13.6 Å². The van der Waals surface area contributed by atoms with Crippen LogP contribution < -0.4 is 5.12 Å². The Morgan fingerprint density at radius 1 is 1.21 bits per heavy atom. The van der Waals surface area contributed by atoms with E-state index in [-0.39, 0.29) is 0 Å². The summed E-state index contributed by atoms with van der Waals surface area (Å²) in [4.78, 5) is 21.3. The van der Waals surface area contributed by atoms with Crippen LogP contribution in [0.1, 0.15) is 13.8 Å². The van der Waals surface area contributed by atoms with Crippen molar-refractivity contribution in [2.45, 2.75) is 19.5 Å². The first-order valence-corrected chi connectivity index (χ1v) is 8.47. The lowest BCUT2D eigenvalue weighted by Gasteiger charge is -2.33. The van der Waals surface area contributed by atoms with E-state index in [0.29, 0.717) is 0 Å². The van der Waals surface area contributed by atoms with E-state index < -0.39 is 55.5 Å². The maximum absolute atomic E-state index is 14.1. The van der Waals surface area contributed by atoms with Crippen LogP contribution in [0.5, 0.6) is 0 Å². The number of nitrogens with zero attached hydrogens (tertiary/aromatic N) is 2. The number of hydrogen-bond acceptors (Lipinski definition) is 4. The Kier molecular flexibility index (Phi) is 6.65. The van der Waals surface area contributed by atoms with Crippen LogP contribution >= 0.6 is 0 Å². The lowest BCUT2D eigenvalue weighted by Crippen LogP contribution is -2.66. The molecule has 1 rings (SSSR count). The molecule has 2 amide bonds. The molecule has 0 aliphatic heterocycles. The summed E-state index contributed by atoms with van der Waals surface area (Å²) >= 11 is 0. The summed E-state index contributed by atoms with van der Waals surface area (Å²) in [6, 6.07) is 1.16. The summed E-state index contributed by atoms with van der Waals surface area (Å²) in [5.41, 5.74) is -6.08. The van der Waals surface area contributed by atoms with Gasteiger partial charge in [0.25, 0.3) is 0 Å². The van der Waals surface area contributed by atoms with Gasteiger partial charge in [-0.15, -0.1) is 5.12 Å². The van der Waals surface area contributed by atoms with E-state index in [1.54, 1.807) is 0 Å². The van der Waals surface area contributed by atoms with Crippen molar-refractivity contribution in [3.8, 4) is 0 Å². The summed E-state index contributed by atoms with van der Waals surface area (Å²) in [5, 5.41) is -3.03. The van der Waals surface area contributed by atoms with E-state index in [9.17, 15) is 31.7 Å². The fraction of sp³-hybridized carbons (Fsp3) is 0.417. The highest BCUT2D eigenvalue weighted by molar-refractivity contribution is 6.62. The minimum atomic E-state index is -5.55. The third-order valence-electron chi connectivity index (χ3n) is 2.71. The minimum Gasteiger partial charge on any atom is -0.385 e. The van der Waals surface area contributed by atoms with E-state index in [1.807, 2.05) is 0 Å². The zero-order valence-electron chi connectivity index (χ0n) is 12.7. The number of para-hydroxylation sites is 1. The second-order valence-electron chi connectivity index (χ2n) is 4.28. The Labute approximate surface area is 135 Å². The first-order chi connectivity index (χ1) is 11.1. The third-order valence-corrected chi connectivity index (χ3v) is 5.02. The monoisotopic (exact) mass is 374 g/mol. The van der Waals surface area contributed by atoms with Gasteiger partial charge in [-0.1, -0.05) is 26.2 Å². The smallest absolute Gasteiger partial charge is 0.385 e. The number of urea groups is 1. The van der Waals surface area contributed by atoms with Gasteiger partial charge in [0, 0.05) is 13.2 Å². The van der Waals surface area contributed by atoms with Crippen LogP contribution in [0.3, 0.4) is 0 Å². The van der Waals surface area contributed by atoms with Gasteiger partial charge in [-0.3, -0.25) is 0 Å². The molecule has 6 nitrogen and oxygen atoms in total. The first-order valence-electron chi connectivity index (χ1n) is 6.70. The van der Waals surface area contributed by atoms with Gasteiger partial charge in [0.2, 0.25) is 0 Å². The second kappa shape index (κ2) is 7.87. The first kappa shape index (κ1) is 20.3. The van der Waals surface area contributed by atoms with Crippen molar-refractivity contribution >= 4 is 20.5 Å². The van der Waals surface area contributed by atoms with Crippen LogP contribution in [0.15, 0.2) is 24.3 Å². The van der Waals surface area contributed by atoms with Crippen LogP contribution in [0.2, 0.25) is 0 Å². The molecule has 136 valence electrons. The van der Waals surface area contributed by atoms with Crippen LogP contribution in [0.4, 0.5) is 32.6 Å². The SMILES string of the molecule is CCO[Si](O)(OCC)C(F)(F)N(F)C(=O)N(F)c1ccccc1F. The number of benzene rings is 1. The van der Waals surface area contributed by atoms with Gasteiger partial charge >= 0.3 is 20.5 Å². The Hall–Kier alpha value is -1.76. The summed E-state index contributed by atoms with van der Waals surface area (Å²) in [6.45, 7) is 1.48. The number of halogens is 5. The van der Waals surface area contributed by atoms with Crippen molar-refractivity contribution in [1.29, 1.82) is 0 Å². The molecule has 1 aromatic rings. The van der Waals surface area contributed by atoms with Crippen LogP contribution in [-0.2, 0) is 8.85 Å². The van der Waals surface area contributed by atoms with Gasteiger partial charge in [-0.2, -0.15) is 8.78 Å². The van der Waals surface area contributed by atoms with Gasteiger partial charge in [0.15, 0.2) is 0 Å². The fourth-order valence-electron chi connectivity index (χ4n) is 1.64. The number of rotatable bonds is 7. The molecule has 24 heavy (non-hydrogen) atoms. The maximum Gasteiger partial charge on any atom is 0.600 e. The predicted octanol–water partition coefficient (Wildman–Crippen LogP) is 2.96. The molecule has 0 saturated carbocycles. The molecule has 12 heteroatoms. The molecule has 0 atom stereocenters. The minimum absolute atomic E-state index is 0.479. The van der Waals surface area contributed by atoms with E-state index in [4.69, 9.17) is 0 Å². The lowest BCUT2D eigenvalue weighted by molar-refractivity contribution is -0.187. The zero-order valence-corrected chi connectivity index (χ0v) is 13.7. The highest BCUT2D eigenvalue weighted by Gasteiger charge is 2.69. The fourth-order valence-corrected chi connectivity index (χ4v) is 3.20. The molecule has 0 fully saturated rings. The van der Waals surface area contributed by atoms with Crippen molar-refractivity contribution < 1.29 is 40.6 Å². The van der Waals surface area contributed by atoms with Crippen molar-refractivity contribution in [3.63, 3.8) is 0 Å². The Morgan fingerprint density at radius 2 is 1.71 bits per heavy atom. The number of anilines is 1. The predicted molar refractivity (Wildman–Crippen MR) is 74.5 cm³/mol. The molecular formula is C12H15F5N2O4Si. The number of hydrogen-bond donors (Lipinski definition) is 1. The molecule has 1 N–H and O–H groups in total. The molecule has 0 saturated heterocycles. The van der Waals surface area contributed by atoms with Crippen molar-refractivity contribution in [2.24, 2.45) is 0 Å². The summed E-state index contributed by atoms with van der Waals surface area (Å²) in [7, 11) is -5.55. The molecule has 0 aliphatic carbocycles. The average Bonchev–Trinajstić information content (AvgIpc) is 2.53. The van der Waals surface area contributed by atoms with Crippen molar-refractivity contribution in [1.82, 2.24) is 5.12 Å². The number of carbonyl (C=O) groups is 1. The van der Waals surface area contributed by atoms with Crippen molar-refractivity contribution in [3.05, 3.63) is 30.1 Å². The Morgan fingerprint density at radius 3 is 2.17 bits per heavy atom. The highest BCUT2D eigenvalue weighted by atomic mass is 28.4. The van der Waals surface area contributed by atoms with Gasteiger partial charge in [0.05, 0.1) is 0 Å². The van der Waals surface area contributed by atoms with E-state index in [1.165, 1.54) is 13.8 Å². The molecule has 0 spiro atoms. The zero-order chi connectivity index (χ0) is 18.5. The number of alkyl halides is 2. The van der Waals surface area contributed by atoms with E-state index in [0.717, 1.165) is 24.3 Å². The summed E-state index contributed by atoms with van der Waals surface area (Å²) < 4.78 is 77.9. The van der Waals surface area contributed by atoms with Gasteiger partial charge in [-0.25, -0.2) is 9.18 Å². The number of amides is 2. The molecule has 0 unspecified atom stereocenters. The third kappa shape index (κ3) is 3.83. The van der Waals surface area contributed by atoms with Crippen LogP contribution in [0.25, 0.3) is 0 Å². The van der Waals surface area contributed by atoms with Crippen LogP contribution in [0, 0.1) is 5.82 Å². The number of carbonyl (C=O) groups excluding carboxylic acids is 1. The summed E-state index contributed by atoms with van der Waals surface area (Å²) in [6.07, 6.45) is 0. The molecule has 0 aliphatic rings. The van der Waals surface area contributed by atoms with Crippen molar-refractivity contribution in [2.75, 3.05) is 18.3 Å². The molecule has 0 heterocycles.